The van der Waals surface area contributed by atoms with E-state index in [0.717, 1.165) is 0 Å². The zero-order valence-electron chi connectivity index (χ0n) is 14.2. The van der Waals surface area contributed by atoms with E-state index in [-0.39, 0.29) is 11.1 Å². The second-order valence-electron chi connectivity index (χ2n) is 5.93. The molecule has 0 fully saturated rings. The highest BCUT2D eigenvalue weighted by Crippen LogP contribution is 2.29. The minimum Gasteiger partial charge on any atom is -0.352 e. The molecule has 0 saturated carbocycles. The van der Waals surface area contributed by atoms with Gasteiger partial charge in [0.25, 0.3) is 0 Å². The van der Waals surface area contributed by atoms with E-state index in [1.807, 2.05) is 13.8 Å². The number of halogens is 1. The topological polar surface area (TPSA) is 102 Å². The molecule has 2 aromatic heterocycles. The minimum atomic E-state index is -3.52. The van der Waals surface area contributed by atoms with Crippen molar-refractivity contribution in [3.05, 3.63) is 16.9 Å². The molecule has 8 nitrogen and oxygen atoms in total. The summed E-state index contributed by atoms with van der Waals surface area (Å²) in [7, 11) is -1.85. The molecule has 2 heterocycles. The van der Waals surface area contributed by atoms with Crippen LogP contribution >= 0.6 is 15.9 Å². The van der Waals surface area contributed by atoms with Crippen LogP contribution in [0.25, 0.3) is 0 Å². The van der Waals surface area contributed by atoms with E-state index >= 15 is 0 Å². The number of nitrogens with zero attached hydrogens (tertiary/aromatic N) is 4. The quantitative estimate of drug-likeness (QED) is 0.745. The average molecular weight is 417 g/mol. The molecule has 0 aliphatic rings. The highest BCUT2D eigenvalue weighted by Gasteiger charge is 2.27. The van der Waals surface area contributed by atoms with Crippen LogP contribution in [0.2, 0.25) is 0 Å². The SMILES string of the molecule is CC(C)Nc1ncc(Br)c(Nc2cn(C)nc2S(=O)(=O)C(C)C)n1. The summed E-state index contributed by atoms with van der Waals surface area (Å²) >= 11 is 3.37. The van der Waals surface area contributed by atoms with Crippen LogP contribution in [0, 0.1) is 0 Å². The molecule has 2 rings (SSSR count). The average Bonchev–Trinajstić information content (AvgIpc) is 2.83. The van der Waals surface area contributed by atoms with Gasteiger partial charge in [-0.2, -0.15) is 10.1 Å². The van der Waals surface area contributed by atoms with E-state index in [0.29, 0.717) is 21.9 Å². The fourth-order valence-electron chi connectivity index (χ4n) is 1.90. The van der Waals surface area contributed by atoms with E-state index in [1.165, 1.54) is 4.68 Å². The molecule has 132 valence electrons. The van der Waals surface area contributed by atoms with Crippen LogP contribution in [0.3, 0.4) is 0 Å². The summed E-state index contributed by atoms with van der Waals surface area (Å²) in [5.41, 5.74) is 0.376. The number of aromatic nitrogens is 4. The van der Waals surface area contributed by atoms with Gasteiger partial charge in [-0.15, -0.1) is 0 Å². The van der Waals surface area contributed by atoms with Crippen LogP contribution < -0.4 is 10.6 Å². The first-order chi connectivity index (χ1) is 11.1. The van der Waals surface area contributed by atoms with Crippen molar-refractivity contribution in [1.82, 2.24) is 19.7 Å². The van der Waals surface area contributed by atoms with Gasteiger partial charge in [0.05, 0.1) is 15.4 Å². The van der Waals surface area contributed by atoms with Gasteiger partial charge < -0.3 is 10.6 Å². The molecule has 2 aromatic rings. The third-order valence-corrected chi connectivity index (χ3v) is 5.76. The van der Waals surface area contributed by atoms with Crippen LogP contribution in [-0.4, -0.2) is 39.5 Å². The van der Waals surface area contributed by atoms with Crippen molar-refractivity contribution >= 4 is 43.2 Å². The van der Waals surface area contributed by atoms with E-state index in [9.17, 15) is 8.42 Å². The highest BCUT2D eigenvalue weighted by molar-refractivity contribution is 9.10. The molecule has 0 aliphatic heterocycles. The maximum absolute atomic E-state index is 12.5. The van der Waals surface area contributed by atoms with Crippen LogP contribution in [0.5, 0.6) is 0 Å². The maximum Gasteiger partial charge on any atom is 0.224 e. The lowest BCUT2D eigenvalue weighted by Crippen LogP contribution is -2.16. The van der Waals surface area contributed by atoms with Crippen molar-refractivity contribution in [3.63, 3.8) is 0 Å². The fourth-order valence-corrected chi connectivity index (χ4v) is 3.29. The number of hydrogen-bond donors (Lipinski definition) is 2. The van der Waals surface area contributed by atoms with E-state index in [4.69, 9.17) is 0 Å². The lowest BCUT2D eigenvalue weighted by molar-refractivity contribution is 0.579. The summed E-state index contributed by atoms with van der Waals surface area (Å²) < 4.78 is 27.0. The first-order valence-corrected chi connectivity index (χ1v) is 9.78. The standard InChI is InChI=1S/C14H21BrN6O2S/c1-8(2)17-14-16-6-10(15)12(19-14)18-11-7-21(5)20-13(11)24(22,23)9(3)4/h6-9H,1-5H3,(H2,16,17,18,19). The van der Waals surface area contributed by atoms with Gasteiger partial charge in [-0.1, -0.05) is 0 Å². The van der Waals surface area contributed by atoms with Gasteiger partial charge in [-0.05, 0) is 43.6 Å². The monoisotopic (exact) mass is 416 g/mol. The first kappa shape index (κ1) is 18.7. The summed E-state index contributed by atoms with van der Waals surface area (Å²) in [4.78, 5) is 8.55. The van der Waals surface area contributed by atoms with Gasteiger partial charge in [-0.3, -0.25) is 4.68 Å². The lowest BCUT2D eigenvalue weighted by Gasteiger charge is -2.12. The van der Waals surface area contributed by atoms with Crippen molar-refractivity contribution in [2.24, 2.45) is 7.05 Å². The molecule has 10 heteroatoms. The Bertz CT molecular complexity index is 832. The Kier molecular flexibility index (Phi) is 5.49. The Morgan fingerprint density at radius 3 is 2.50 bits per heavy atom. The van der Waals surface area contributed by atoms with Crippen LogP contribution in [0.15, 0.2) is 21.9 Å². The van der Waals surface area contributed by atoms with Gasteiger partial charge in [0.15, 0.2) is 5.82 Å². The summed E-state index contributed by atoms with van der Waals surface area (Å²) in [5, 5.41) is 9.67. The Hall–Kier alpha value is -1.68. The van der Waals surface area contributed by atoms with E-state index in [1.54, 1.807) is 33.3 Å². The maximum atomic E-state index is 12.5. The number of anilines is 3. The fraction of sp³-hybridized carbons (Fsp3) is 0.500. The van der Waals surface area contributed by atoms with Crippen LogP contribution in [0.1, 0.15) is 27.7 Å². The van der Waals surface area contributed by atoms with Gasteiger partial charge in [0.2, 0.25) is 20.8 Å². The Morgan fingerprint density at radius 2 is 1.92 bits per heavy atom. The van der Waals surface area contributed by atoms with Crippen molar-refractivity contribution < 1.29 is 8.42 Å². The minimum absolute atomic E-state index is 0.00359. The Balaban J connectivity index is 2.42. The first-order valence-electron chi connectivity index (χ1n) is 7.45. The number of hydrogen-bond acceptors (Lipinski definition) is 7. The van der Waals surface area contributed by atoms with Gasteiger partial charge in [-0.25, -0.2) is 13.4 Å². The third-order valence-electron chi connectivity index (χ3n) is 3.10. The predicted octanol–water partition coefficient (Wildman–Crippen LogP) is 2.72. The molecule has 2 N–H and O–H groups in total. The molecule has 0 amide bonds. The number of sulfone groups is 1. The smallest absolute Gasteiger partial charge is 0.224 e. The largest absolute Gasteiger partial charge is 0.352 e. The highest BCUT2D eigenvalue weighted by atomic mass is 79.9. The van der Waals surface area contributed by atoms with Gasteiger partial charge >= 0.3 is 0 Å². The summed E-state index contributed by atoms with van der Waals surface area (Å²) in [6.45, 7) is 7.21. The van der Waals surface area contributed by atoms with Crippen LogP contribution in [0.4, 0.5) is 17.5 Å². The second-order valence-corrected chi connectivity index (χ2v) is 9.20. The van der Waals surface area contributed by atoms with Crippen LogP contribution in [-0.2, 0) is 16.9 Å². The second kappa shape index (κ2) is 7.06. The molecular formula is C14H21BrN6O2S. The van der Waals surface area contributed by atoms with Crippen molar-refractivity contribution in [3.8, 4) is 0 Å². The van der Waals surface area contributed by atoms with Gasteiger partial charge in [0.1, 0.15) is 0 Å². The molecule has 0 atom stereocenters. The summed E-state index contributed by atoms with van der Waals surface area (Å²) in [6.07, 6.45) is 3.21. The number of aryl methyl sites for hydroxylation is 1. The Morgan fingerprint density at radius 1 is 1.25 bits per heavy atom. The third kappa shape index (κ3) is 4.04. The molecule has 0 bridgehead atoms. The van der Waals surface area contributed by atoms with Crippen molar-refractivity contribution in [2.45, 2.75) is 44.0 Å². The molecule has 0 aliphatic carbocycles. The normalized spacial score (nSPS) is 12.0. The molecular weight excluding hydrogens is 396 g/mol. The molecule has 0 aromatic carbocycles. The molecule has 0 saturated heterocycles. The summed E-state index contributed by atoms with van der Waals surface area (Å²) in [5.74, 6) is 0.911. The molecule has 0 spiro atoms. The predicted molar refractivity (Wildman–Crippen MR) is 97.3 cm³/mol. The van der Waals surface area contributed by atoms with E-state index < -0.39 is 15.1 Å². The van der Waals surface area contributed by atoms with Gasteiger partial charge in [0, 0.05) is 25.5 Å². The zero-order valence-corrected chi connectivity index (χ0v) is 16.6. The Labute approximate surface area is 150 Å². The van der Waals surface area contributed by atoms with E-state index in [2.05, 4.69) is 41.6 Å². The zero-order chi connectivity index (χ0) is 18.1. The van der Waals surface area contributed by atoms with Crippen molar-refractivity contribution in [2.75, 3.05) is 10.6 Å². The lowest BCUT2D eigenvalue weighted by atomic mass is 10.4. The van der Waals surface area contributed by atoms with Crippen molar-refractivity contribution in [1.29, 1.82) is 0 Å². The molecule has 0 unspecified atom stereocenters. The number of rotatable bonds is 6. The molecule has 0 radical (unpaired) electrons. The molecule has 24 heavy (non-hydrogen) atoms. The summed E-state index contributed by atoms with van der Waals surface area (Å²) in [6, 6.07) is 0.175. The number of nitrogens with one attached hydrogen (secondary N) is 2.